The van der Waals surface area contributed by atoms with Crippen molar-refractivity contribution in [3.05, 3.63) is 56.4 Å². The number of aliphatic hydroxyl groups is 1. The Labute approximate surface area is 106 Å². The van der Waals surface area contributed by atoms with Gasteiger partial charge in [-0.15, -0.1) is 0 Å². The average Bonchev–Trinajstić information content (AvgIpc) is 2.65. The topological polar surface area (TPSA) is 20.2 Å². The van der Waals surface area contributed by atoms with E-state index in [0.29, 0.717) is 5.56 Å². The third-order valence-electron chi connectivity index (χ3n) is 2.53. The van der Waals surface area contributed by atoms with Crippen molar-refractivity contribution >= 4 is 27.3 Å². The lowest BCUT2D eigenvalue weighted by Crippen LogP contribution is -2.22. The molecule has 1 atom stereocenters. The second kappa shape index (κ2) is 4.28. The molecule has 2 aromatic rings. The molecule has 0 bridgehead atoms. The van der Waals surface area contributed by atoms with E-state index >= 15 is 0 Å². The van der Waals surface area contributed by atoms with E-state index in [0.717, 1.165) is 10.0 Å². The third kappa shape index (κ3) is 2.05. The van der Waals surface area contributed by atoms with Crippen LogP contribution in [0.15, 0.2) is 39.5 Å². The molecule has 0 aliphatic carbocycles. The van der Waals surface area contributed by atoms with Crippen LogP contribution in [0.2, 0.25) is 0 Å². The summed E-state index contributed by atoms with van der Waals surface area (Å²) < 4.78 is 14.0. The number of halogens is 2. The summed E-state index contributed by atoms with van der Waals surface area (Å²) in [5, 5.41) is 14.2. The minimum atomic E-state index is -1.18. The molecule has 0 radical (unpaired) electrons. The first-order chi connectivity index (χ1) is 7.51. The van der Waals surface area contributed by atoms with Crippen LogP contribution < -0.4 is 0 Å². The molecule has 0 fully saturated rings. The summed E-state index contributed by atoms with van der Waals surface area (Å²) in [6.45, 7) is 1.66. The predicted octanol–water partition coefficient (Wildman–Crippen LogP) is 3.91. The van der Waals surface area contributed by atoms with Crippen LogP contribution in [0.5, 0.6) is 0 Å². The summed E-state index contributed by atoms with van der Waals surface area (Å²) in [5.41, 5.74) is 0.121. The number of thiophene rings is 1. The van der Waals surface area contributed by atoms with Crippen molar-refractivity contribution in [2.75, 3.05) is 0 Å². The molecule has 2 rings (SSSR count). The summed E-state index contributed by atoms with van der Waals surface area (Å²) in [7, 11) is 0. The maximum Gasteiger partial charge on any atom is 0.123 e. The Morgan fingerprint density at radius 3 is 2.69 bits per heavy atom. The smallest absolute Gasteiger partial charge is 0.123 e. The number of rotatable bonds is 2. The number of hydrogen-bond acceptors (Lipinski definition) is 2. The van der Waals surface area contributed by atoms with Gasteiger partial charge in [-0.3, -0.25) is 0 Å². The minimum absolute atomic E-state index is 0.343. The SMILES string of the molecule is CC(O)(c1cccc(F)c1)c1cscc1Br. The highest BCUT2D eigenvalue weighted by Gasteiger charge is 2.28. The molecular formula is C12H10BrFOS. The van der Waals surface area contributed by atoms with Gasteiger partial charge in [-0.05, 0) is 45.9 Å². The quantitative estimate of drug-likeness (QED) is 0.892. The van der Waals surface area contributed by atoms with E-state index in [-0.39, 0.29) is 5.82 Å². The second-order valence-electron chi connectivity index (χ2n) is 3.72. The maximum atomic E-state index is 13.1. The van der Waals surface area contributed by atoms with Gasteiger partial charge in [0.15, 0.2) is 0 Å². The van der Waals surface area contributed by atoms with E-state index in [1.165, 1.54) is 23.5 Å². The standard InChI is InChI=1S/C12H10BrFOS/c1-12(15,10-6-16-7-11(10)13)8-3-2-4-9(14)5-8/h2-7,15H,1H3. The molecule has 0 aliphatic heterocycles. The van der Waals surface area contributed by atoms with Crippen molar-refractivity contribution in [3.63, 3.8) is 0 Å². The van der Waals surface area contributed by atoms with Gasteiger partial charge in [0.1, 0.15) is 11.4 Å². The minimum Gasteiger partial charge on any atom is -0.381 e. The lowest BCUT2D eigenvalue weighted by Gasteiger charge is -2.23. The predicted molar refractivity (Wildman–Crippen MR) is 67.1 cm³/mol. The zero-order valence-corrected chi connectivity index (χ0v) is 11.0. The van der Waals surface area contributed by atoms with Crippen LogP contribution in [-0.4, -0.2) is 5.11 Å². The van der Waals surface area contributed by atoms with Gasteiger partial charge in [-0.25, -0.2) is 4.39 Å². The van der Waals surface area contributed by atoms with E-state index in [2.05, 4.69) is 15.9 Å². The lowest BCUT2D eigenvalue weighted by atomic mass is 9.90. The van der Waals surface area contributed by atoms with E-state index in [1.54, 1.807) is 19.1 Å². The van der Waals surface area contributed by atoms with Crippen LogP contribution in [0.25, 0.3) is 0 Å². The van der Waals surface area contributed by atoms with Crippen LogP contribution >= 0.6 is 27.3 Å². The van der Waals surface area contributed by atoms with Crippen LogP contribution in [0, 0.1) is 5.82 Å². The maximum absolute atomic E-state index is 13.1. The van der Waals surface area contributed by atoms with Gasteiger partial charge >= 0.3 is 0 Å². The van der Waals surface area contributed by atoms with E-state index in [1.807, 2.05) is 10.8 Å². The molecule has 1 aromatic carbocycles. The van der Waals surface area contributed by atoms with E-state index in [9.17, 15) is 9.50 Å². The average molecular weight is 301 g/mol. The number of hydrogen-bond donors (Lipinski definition) is 1. The fourth-order valence-electron chi connectivity index (χ4n) is 1.58. The molecule has 16 heavy (non-hydrogen) atoms. The number of benzene rings is 1. The third-order valence-corrected chi connectivity index (χ3v) is 4.23. The molecule has 4 heteroatoms. The van der Waals surface area contributed by atoms with Crippen molar-refractivity contribution in [2.24, 2.45) is 0 Å². The summed E-state index contributed by atoms with van der Waals surface area (Å²) >= 11 is 4.87. The molecule has 0 saturated carbocycles. The summed E-state index contributed by atoms with van der Waals surface area (Å²) in [6.07, 6.45) is 0. The first kappa shape index (κ1) is 11.8. The van der Waals surface area contributed by atoms with Gasteiger partial charge in [0, 0.05) is 15.4 Å². The normalized spacial score (nSPS) is 14.8. The molecule has 0 saturated heterocycles. The summed E-state index contributed by atoms with van der Waals surface area (Å²) in [6, 6.07) is 6.03. The van der Waals surface area contributed by atoms with Crippen molar-refractivity contribution in [1.82, 2.24) is 0 Å². The molecule has 1 aromatic heterocycles. The Hall–Kier alpha value is -0.710. The fourth-order valence-corrected chi connectivity index (χ4v) is 3.36. The molecule has 0 aliphatic rings. The molecule has 0 amide bonds. The van der Waals surface area contributed by atoms with Gasteiger partial charge < -0.3 is 5.11 Å². The van der Waals surface area contributed by atoms with Gasteiger partial charge in [0.2, 0.25) is 0 Å². The zero-order valence-electron chi connectivity index (χ0n) is 8.58. The van der Waals surface area contributed by atoms with Crippen LogP contribution in [0.4, 0.5) is 4.39 Å². The van der Waals surface area contributed by atoms with Gasteiger partial charge in [0.25, 0.3) is 0 Å². The molecule has 0 spiro atoms. The molecule has 1 N–H and O–H groups in total. The Bertz CT molecular complexity index is 507. The molecule has 84 valence electrons. The zero-order chi connectivity index (χ0) is 11.8. The second-order valence-corrected chi connectivity index (χ2v) is 5.31. The highest BCUT2D eigenvalue weighted by molar-refractivity contribution is 9.10. The van der Waals surface area contributed by atoms with E-state index in [4.69, 9.17) is 0 Å². The summed E-state index contributed by atoms with van der Waals surface area (Å²) in [5.74, 6) is -0.343. The Kier molecular flexibility index (Phi) is 3.15. The van der Waals surface area contributed by atoms with E-state index < -0.39 is 5.60 Å². The Balaban J connectivity index is 2.51. The molecule has 1 unspecified atom stereocenters. The van der Waals surface area contributed by atoms with Crippen molar-refractivity contribution in [3.8, 4) is 0 Å². The summed E-state index contributed by atoms with van der Waals surface area (Å²) in [4.78, 5) is 0. The van der Waals surface area contributed by atoms with Crippen molar-refractivity contribution in [1.29, 1.82) is 0 Å². The van der Waals surface area contributed by atoms with Crippen LogP contribution in [0.3, 0.4) is 0 Å². The molecule has 1 nitrogen and oxygen atoms in total. The lowest BCUT2D eigenvalue weighted by molar-refractivity contribution is 0.102. The largest absolute Gasteiger partial charge is 0.381 e. The van der Waals surface area contributed by atoms with Crippen molar-refractivity contribution in [2.45, 2.75) is 12.5 Å². The molecular weight excluding hydrogens is 291 g/mol. The van der Waals surface area contributed by atoms with Gasteiger partial charge in [-0.1, -0.05) is 12.1 Å². The monoisotopic (exact) mass is 300 g/mol. The fraction of sp³-hybridized carbons (Fsp3) is 0.167. The van der Waals surface area contributed by atoms with Crippen LogP contribution in [-0.2, 0) is 5.60 Å². The van der Waals surface area contributed by atoms with Gasteiger partial charge in [0.05, 0.1) is 0 Å². The highest BCUT2D eigenvalue weighted by Crippen LogP contribution is 2.36. The highest BCUT2D eigenvalue weighted by atomic mass is 79.9. The first-order valence-corrected chi connectivity index (χ1v) is 6.46. The van der Waals surface area contributed by atoms with Crippen LogP contribution in [0.1, 0.15) is 18.1 Å². The first-order valence-electron chi connectivity index (χ1n) is 4.72. The van der Waals surface area contributed by atoms with Gasteiger partial charge in [-0.2, -0.15) is 11.3 Å². The molecule has 1 heterocycles. The Morgan fingerprint density at radius 2 is 2.12 bits per heavy atom. The van der Waals surface area contributed by atoms with Crippen molar-refractivity contribution < 1.29 is 9.50 Å². The Morgan fingerprint density at radius 1 is 1.38 bits per heavy atom.